The predicted molar refractivity (Wildman–Crippen MR) is 184 cm³/mol. The lowest BCUT2D eigenvalue weighted by Crippen LogP contribution is -2.15. The molecule has 0 radical (unpaired) electrons. The minimum absolute atomic E-state index is 0.138. The fourth-order valence-corrected chi connectivity index (χ4v) is 6.77. The first kappa shape index (κ1) is 35.4. The van der Waals surface area contributed by atoms with Gasteiger partial charge in [0.05, 0.1) is 18.3 Å². The lowest BCUT2D eigenvalue weighted by Gasteiger charge is -2.26. The second-order valence-electron chi connectivity index (χ2n) is 12.2. The predicted octanol–water partition coefficient (Wildman–Crippen LogP) is 11.8. The molecule has 3 nitrogen and oxygen atoms in total. The summed E-state index contributed by atoms with van der Waals surface area (Å²) in [6.07, 6.45) is 17.9. The second kappa shape index (κ2) is 22.5. The van der Waals surface area contributed by atoms with E-state index in [4.69, 9.17) is 13.6 Å². The van der Waals surface area contributed by atoms with E-state index in [2.05, 4.69) is 112 Å². The third-order valence-electron chi connectivity index (χ3n) is 8.05. The van der Waals surface area contributed by atoms with Crippen molar-refractivity contribution in [1.29, 1.82) is 0 Å². The highest BCUT2D eigenvalue weighted by atomic mass is 31.2. The Morgan fingerprint density at radius 2 is 0.674 bits per heavy atom. The van der Waals surface area contributed by atoms with E-state index in [1.807, 2.05) is 0 Å². The van der Waals surface area contributed by atoms with Crippen LogP contribution in [0.1, 0.15) is 115 Å². The van der Waals surface area contributed by atoms with Crippen LogP contribution in [0.4, 0.5) is 0 Å². The zero-order valence-electron chi connectivity index (χ0n) is 27.2. The average molecular weight is 605 g/mol. The van der Waals surface area contributed by atoms with Crippen LogP contribution >= 0.6 is 8.60 Å². The van der Waals surface area contributed by atoms with Crippen LogP contribution in [0.25, 0.3) is 0 Å². The minimum atomic E-state index is -1.36. The van der Waals surface area contributed by atoms with E-state index in [9.17, 15) is 0 Å². The van der Waals surface area contributed by atoms with Gasteiger partial charge in [0, 0.05) is 0 Å². The molecule has 0 N–H and O–H groups in total. The summed E-state index contributed by atoms with van der Waals surface area (Å²) in [5.74, 6) is 0. The van der Waals surface area contributed by atoms with Crippen LogP contribution in [0.15, 0.2) is 91.0 Å². The molecule has 43 heavy (non-hydrogen) atoms. The van der Waals surface area contributed by atoms with Crippen LogP contribution in [0.3, 0.4) is 0 Å². The number of unbranched alkanes of at least 4 members (excludes halogenated alkanes) is 6. The van der Waals surface area contributed by atoms with Gasteiger partial charge < -0.3 is 13.6 Å². The van der Waals surface area contributed by atoms with Gasteiger partial charge in [-0.2, -0.15) is 0 Å². The molecule has 0 aromatic heterocycles. The highest BCUT2D eigenvalue weighted by molar-refractivity contribution is 7.41. The molecule has 3 aromatic carbocycles. The first-order valence-electron chi connectivity index (χ1n) is 17.0. The minimum Gasteiger partial charge on any atom is -0.309 e. The zero-order chi connectivity index (χ0) is 30.4. The summed E-state index contributed by atoms with van der Waals surface area (Å²) < 4.78 is 19.3. The highest BCUT2D eigenvalue weighted by Crippen LogP contribution is 2.45. The molecule has 0 saturated heterocycles. The van der Waals surface area contributed by atoms with Crippen LogP contribution in [0, 0.1) is 0 Å². The number of aryl methyl sites for hydroxylation is 3. The molecular weight excluding hydrogens is 547 g/mol. The Labute approximate surface area is 264 Å². The van der Waals surface area contributed by atoms with Gasteiger partial charge in [-0.25, -0.2) is 0 Å². The van der Waals surface area contributed by atoms with Gasteiger partial charge in [-0.3, -0.25) is 0 Å². The first-order chi connectivity index (χ1) is 21.1. The van der Waals surface area contributed by atoms with Crippen molar-refractivity contribution >= 4 is 8.60 Å². The summed E-state index contributed by atoms with van der Waals surface area (Å²) in [5, 5.41) is 0. The topological polar surface area (TPSA) is 27.7 Å². The molecule has 0 aliphatic heterocycles. The number of benzene rings is 3. The second-order valence-corrected chi connectivity index (χ2v) is 13.3. The summed E-state index contributed by atoms with van der Waals surface area (Å²) in [6, 6.07) is 32.4. The maximum atomic E-state index is 6.45. The van der Waals surface area contributed by atoms with Gasteiger partial charge in [-0.1, -0.05) is 130 Å². The Kier molecular flexibility index (Phi) is 18.5. The van der Waals surface area contributed by atoms with E-state index in [-0.39, 0.29) is 18.3 Å². The van der Waals surface area contributed by atoms with Gasteiger partial charge in [0.1, 0.15) is 0 Å². The molecule has 3 unspecified atom stereocenters. The van der Waals surface area contributed by atoms with Gasteiger partial charge in [-0.15, -0.1) is 0 Å². The van der Waals surface area contributed by atoms with Gasteiger partial charge in [0.25, 0.3) is 0 Å². The van der Waals surface area contributed by atoms with Gasteiger partial charge in [0.15, 0.2) is 0 Å². The molecule has 4 heteroatoms. The number of hydrogen-bond donors (Lipinski definition) is 0. The summed E-state index contributed by atoms with van der Waals surface area (Å²) in [7, 11) is -1.36. The van der Waals surface area contributed by atoms with Crippen molar-refractivity contribution in [3.8, 4) is 0 Å². The molecule has 0 bridgehead atoms. The zero-order valence-corrected chi connectivity index (χ0v) is 28.1. The molecule has 0 heterocycles. The van der Waals surface area contributed by atoms with Gasteiger partial charge in [0.2, 0.25) is 0 Å². The highest BCUT2D eigenvalue weighted by Gasteiger charge is 2.22. The lowest BCUT2D eigenvalue weighted by atomic mass is 10.1. The molecule has 3 aromatic rings. The van der Waals surface area contributed by atoms with Crippen molar-refractivity contribution < 1.29 is 13.6 Å². The van der Waals surface area contributed by atoms with Crippen LogP contribution in [-0.2, 0) is 32.8 Å². The van der Waals surface area contributed by atoms with Crippen molar-refractivity contribution in [2.75, 3.05) is 0 Å². The largest absolute Gasteiger partial charge is 0.333 e. The molecule has 0 aliphatic carbocycles. The molecular formula is C39H57O3P. The summed E-state index contributed by atoms with van der Waals surface area (Å²) in [6.45, 7) is 6.55. The molecule has 0 aliphatic rings. The third-order valence-corrected chi connectivity index (χ3v) is 9.65. The van der Waals surface area contributed by atoms with Crippen LogP contribution in [-0.4, -0.2) is 18.3 Å². The molecule has 3 rings (SSSR count). The third kappa shape index (κ3) is 17.1. The fraction of sp³-hybridized carbons (Fsp3) is 0.538. The maximum absolute atomic E-state index is 6.45. The van der Waals surface area contributed by atoms with Crippen molar-refractivity contribution in [3.05, 3.63) is 108 Å². The van der Waals surface area contributed by atoms with Gasteiger partial charge >= 0.3 is 8.60 Å². The summed E-state index contributed by atoms with van der Waals surface area (Å²) in [4.78, 5) is 0. The number of hydrogen-bond acceptors (Lipinski definition) is 3. The van der Waals surface area contributed by atoms with E-state index in [0.29, 0.717) is 0 Å². The van der Waals surface area contributed by atoms with Crippen molar-refractivity contribution in [2.45, 2.75) is 135 Å². The molecule has 0 spiro atoms. The molecule has 0 saturated carbocycles. The van der Waals surface area contributed by atoms with Crippen LogP contribution < -0.4 is 0 Å². The molecule has 0 amide bonds. The Morgan fingerprint density at radius 1 is 0.395 bits per heavy atom. The van der Waals surface area contributed by atoms with Crippen LogP contribution in [0.5, 0.6) is 0 Å². The monoisotopic (exact) mass is 604 g/mol. The quantitative estimate of drug-likeness (QED) is 0.0752. The van der Waals surface area contributed by atoms with Crippen LogP contribution in [0.2, 0.25) is 0 Å². The summed E-state index contributed by atoms with van der Waals surface area (Å²) >= 11 is 0. The Bertz CT molecular complexity index is 909. The lowest BCUT2D eigenvalue weighted by molar-refractivity contribution is 0.0703. The Hall–Kier alpha value is -2.03. The summed E-state index contributed by atoms with van der Waals surface area (Å²) in [5.41, 5.74) is 4.29. The van der Waals surface area contributed by atoms with Crippen molar-refractivity contribution in [2.24, 2.45) is 0 Å². The SMILES string of the molecule is CC(CCCCCc1ccccc1)OP(OC(C)CCCCCc1ccccc1)OC(C)CCCCCc1ccccc1. The van der Waals surface area contributed by atoms with E-state index < -0.39 is 8.60 Å². The molecule has 3 atom stereocenters. The van der Waals surface area contributed by atoms with E-state index in [0.717, 1.165) is 38.5 Å². The molecule has 236 valence electrons. The molecule has 0 fully saturated rings. The van der Waals surface area contributed by atoms with Crippen molar-refractivity contribution in [3.63, 3.8) is 0 Å². The smallest absolute Gasteiger partial charge is 0.309 e. The Balaban J connectivity index is 1.36. The Morgan fingerprint density at radius 3 is 0.953 bits per heavy atom. The standard InChI is InChI=1S/C39H57O3P/c1-34(22-10-4-13-25-37-28-16-7-17-29-37)40-43(41-35(2)23-11-5-14-26-38-30-18-8-19-31-38)42-36(3)24-12-6-15-27-39-32-20-9-21-33-39/h7-9,16-21,28-36H,4-6,10-15,22-27H2,1-3H3. The van der Waals surface area contributed by atoms with E-state index in [1.54, 1.807) is 0 Å². The normalized spacial score (nSPS) is 14.3. The average Bonchev–Trinajstić information content (AvgIpc) is 3.02. The fourth-order valence-electron chi connectivity index (χ4n) is 5.42. The van der Waals surface area contributed by atoms with E-state index in [1.165, 1.54) is 74.5 Å². The maximum Gasteiger partial charge on any atom is 0.333 e. The van der Waals surface area contributed by atoms with Gasteiger partial charge in [-0.05, 0) is 95.2 Å². The first-order valence-corrected chi connectivity index (χ1v) is 18.1. The van der Waals surface area contributed by atoms with E-state index >= 15 is 0 Å². The number of rotatable bonds is 24. The van der Waals surface area contributed by atoms with Crippen molar-refractivity contribution in [1.82, 2.24) is 0 Å².